The van der Waals surface area contributed by atoms with Gasteiger partial charge < -0.3 is 19.8 Å². The van der Waals surface area contributed by atoms with E-state index in [2.05, 4.69) is 20.3 Å². The Kier molecular flexibility index (Phi) is 6.44. The Morgan fingerprint density at radius 1 is 1.24 bits per heavy atom. The Balaban J connectivity index is 1.26. The van der Waals surface area contributed by atoms with Crippen molar-refractivity contribution in [1.82, 2.24) is 20.3 Å². The van der Waals surface area contributed by atoms with Crippen LogP contribution in [0.1, 0.15) is 37.1 Å². The molecule has 0 atom stereocenters. The van der Waals surface area contributed by atoms with Gasteiger partial charge >= 0.3 is 0 Å². The van der Waals surface area contributed by atoms with Gasteiger partial charge in [-0.3, -0.25) is 14.6 Å². The fourth-order valence-electron chi connectivity index (χ4n) is 3.93. The number of benzene rings is 1. The van der Waals surface area contributed by atoms with Crippen molar-refractivity contribution in [3.05, 3.63) is 69.9 Å². The first kappa shape index (κ1) is 22.5. The van der Waals surface area contributed by atoms with Crippen molar-refractivity contribution < 1.29 is 14.3 Å². The minimum absolute atomic E-state index is 0.147. The van der Waals surface area contributed by atoms with E-state index in [4.69, 9.17) is 9.47 Å². The van der Waals surface area contributed by atoms with Gasteiger partial charge in [0.05, 0.1) is 6.54 Å². The molecule has 0 bridgehead atoms. The summed E-state index contributed by atoms with van der Waals surface area (Å²) in [5, 5.41) is 2.84. The predicted octanol–water partition coefficient (Wildman–Crippen LogP) is 2.98. The van der Waals surface area contributed by atoms with Crippen LogP contribution in [-0.2, 0) is 17.6 Å². The van der Waals surface area contributed by atoms with Crippen LogP contribution < -0.4 is 20.3 Å². The summed E-state index contributed by atoms with van der Waals surface area (Å²) < 4.78 is 11.8. The first-order valence-electron chi connectivity index (χ1n) is 11.0. The fraction of sp³-hybridized carbons (Fsp3) is 0.360. The molecular formula is C25H28N4O4. The van der Waals surface area contributed by atoms with Crippen molar-refractivity contribution in [2.75, 3.05) is 13.2 Å². The number of carbonyl (C=O) groups excluding carboxylic acids is 1. The number of fused-ring (bicyclic) bond motifs is 1. The summed E-state index contributed by atoms with van der Waals surface area (Å²) >= 11 is 0. The van der Waals surface area contributed by atoms with Crippen LogP contribution in [0.4, 0.5) is 0 Å². The molecule has 0 radical (unpaired) electrons. The second kappa shape index (κ2) is 9.44. The van der Waals surface area contributed by atoms with Gasteiger partial charge in [0, 0.05) is 47.6 Å². The number of aromatic amines is 1. The molecule has 1 aromatic carbocycles. The lowest BCUT2D eigenvalue weighted by Gasteiger charge is -2.18. The molecule has 33 heavy (non-hydrogen) atoms. The third kappa shape index (κ3) is 5.39. The van der Waals surface area contributed by atoms with Crippen LogP contribution in [0.15, 0.2) is 47.5 Å². The molecule has 3 heterocycles. The summed E-state index contributed by atoms with van der Waals surface area (Å²) in [7, 11) is 0. The number of ether oxygens (including phenoxy) is 2. The van der Waals surface area contributed by atoms with Gasteiger partial charge in [-0.05, 0) is 45.4 Å². The summed E-state index contributed by atoms with van der Waals surface area (Å²) in [6, 6.07) is 9.43. The molecule has 3 aromatic rings. The number of hydrogen-bond donors (Lipinski definition) is 2. The monoisotopic (exact) mass is 448 g/mol. The second-order valence-corrected chi connectivity index (χ2v) is 8.70. The standard InChI is InChI=1S/C25H28N4O4/c1-16-19(24(31)29-23(28-16)17-9-11-26-12-10-17)7-8-21(30)27-13-14-32-20-6-4-5-18-15-25(2,3)33-22(18)20/h4-6,9-12H,7-8,13-15H2,1-3H3,(H,27,30)(H,28,29,31). The molecule has 0 saturated carbocycles. The maximum atomic E-state index is 12.5. The Labute approximate surface area is 192 Å². The van der Waals surface area contributed by atoms with Gasteiger partial charge in [0.15, 0.2) is 11.5 Å². The van der Waals surface area contributed by atoms with Crippen molar-refractivity contribution in [1.29, 1.82) is 0 Å². The Hall–Kier alpha value is -3.68. The summed E-state index contributed by atoms with van der Waals surface area (Å²) in [5.41, 5.74) is 2.57. The third-order valence-electron chi connectivity index (χ3n) is 5.51. The van der Waals surface area contributed by atoms with Gasteiger partial charge in [-0.25, -0.2) is 4.98 Å². The van der Waals surface area contributed by atoms with Crippen LogP contribution in [0, 0.1) is 6.92 Å². The van der Waals surface area contributed by atoms with Crippen LogP contribution in [0.25, 0.3) is 11.4 Å². The fourth-order valence-corrected chi connectivity index (χ4v) is 3.93. The highest BCUT2D eigenvalue weighted by Crippen LogP contribution is 2.41. The van der Waals surface area contributed by atoms with Crippen molar-refractivity contribution in [2.24, 2.45) is 0 Å². The Morgan fingerprint density at radius 3 is 2.79 bits per heavy atom. The first-order chi connectivity index (χ1) is 15.8. The molecule has 0 aliphatic carbocycles. The number of aryl methyl sites for hydroxylation is 1. The van der Waals surface area contributed by atoms with Gasteiger partial charge in [0.1, 0.15) is 18.0 Å². The molecule has 1 aliphatic heterocycles. The van der Waals surface area contributed by atoms with Crippen molar-refractivity contribution in [3.63, 3.8) is 0 Å². The highest BCUT2D eigenvalue weighted by Gasteiger charge is 2.32. The number of amides is 1. The topological polar surface area (TPSA) is 106 Å². The van der Waals surface area contributed by atoms with E-state index >= 15 is 0 Å². The van der Waals surface area contributed by atoms with Gasteiger partial charge in [0.25, 0.3) is 5.56 Å². The van der Waals surface area contributed by atoms with Crippen LogP contribution in [0.5, 0.6) is 11.5 Å². The zero-order chi connectivity index (χ0) is 23.4. The molecule has 0 saturated heterocycles. The minimum Gasteiger partial charge on any atom is -0.488 e. The number of aromatic nitrogens is 3. The maximum Gasteiger partial charge on any atom is 0.254 e. The van der Waals surface area contributed by atoms with Crippen molar-refractivity contribution in [2.45, 2.75) is 45.6 Å². The molecule has 0 spiro atoms. The molecule has 8 heteroatoms. The van der Waals surface area contributed by atoms with E-state index in [0.717, 1.165) is 23.3 Å². The van der Waals surface area contributed by atoms with Gasteiger partial charge in [-0.1, -0.05) is 12.1 Å². The summed E-state index contributed by atoms with van der Waals surface area (Å²) in [6.45, 7) is 6.56. The minimum atomic E-state index is -0.239. The number of pyridine rings is 1. The Morgan fingerprint density at radius 2 is 2.03 bits per heavy atom. The molecule has 2 aromatic heterocycles. The zero-order valence-electron chi connectivity index (χ0n) is 19.1. The zero-order valence-corrected chi connectivity index (χ0v) is 19.1. The molecule has 172 valence electrons. The Bertz CT molecular complexity index is 1200. The largest absolute Gasteiger partial charge is 0.488 e. The van der Waals surface area contributed by atoms with E-state index < -0.39 is 0 Å². The van der Waals surface area contributed by atoms with E-state index in [1.165, 1.54) is 0 Å². The number of carbonyl (C=O) groups is 1. The average molecular weight is 449 g/mol. The van der Waals surface area contributed by atoms with Gasteiger partial charge in [-0.15, -0.1) is 0 Å². The highest BCUT2D eigenvalue weighted by atomic mass is 16.5. The molecule has 8 nitrogen and oxygen atoms in total. The number of rotatable bonds is 8. The van der Waals surface area contributed by atoms with Crippen LogP contribution in [0.2, 0.25) is 0 Å². The first-order valence-corrected chi connectivity index (χ1v) is 11.0. The van der Waals surface area contributed by atoms with E-state index in [9.17, 15) is 9.59 Å². The highest BCUT2D eigenvalue weighted by molar-refractivity contribution is 5.76. The lowest BCUT2D eigenvalue weighted by molar-refractivity contribution is -0.121. The van der Waals surface area contributed by atoms with Crippen molar-refractivity contribution in [3.8, 4) is 22.9 Å². The number of H-pyrrole nitrogens is 1. The second-order valence-electron chi connectivity index (χ2n) is 8.70. The number of nitrogens with one attached hydrogen (secondary N) is 2. The number of para-hydroxylation sites is 1. The van der Waals surface area contributed by atoms with Gasteiger partial charge in [-0.2, -0.15) is 0 Å². The smallest absolute Gasteiger partial charge is 0.254 e. The molecule has 4 rings (SSSR count). The van der Waals surface area contributed by atoms with E-state index in [1.54, 1.807) is 31.5 Å². The summed E-state index contributed by atoms with van der Waals surface area (Å²) in [5.74, 6) is 1.82. The summed E-state index contributed by atoms with van der Waals surface area (Å²) in [6.07, 6.45) is 4.63. The average Bonchev–Trinajstić information content (AvgIpc) is 3.11. The SMILES string of the molecule is Cc1nc(-c2ccncc2)[nH]c(=O)c1CCC(=O)NCCOc1cccc2c1OC(C)(C)C2. The number of hydrogen-bond acceptors (Lipinski definition) is 6. The van der Waals surface area contributed by atoms with E-state index in [1.807, 2.05) is 32.0 Å². The molecule has 0 unspecified atom stereocenters. The molecule has 0 fully saturated rings. The lowest BCUT2D eigenvalue weighted by Crippen LogP contribution is -2.29. The third-order valence-corrected chi connectivity index (χ3v) is 5.51. The van der Waals surface area contributed by atoms with Crippen molar-refractivity contribution >= 4 is 5.91 Å². The van der Waals surface area contributed by atoms with E-state index in [-0.39, 0.29) is 23.5 Å². The van der Waals surface area contributed by atoms with Gasteiger partial charge in [0.2, 0.25) is 5.91 Å². The predicted molar refractivity (Wildman–Crippen MR) is 125 cm³/mol. The maximum absolute atomic E-state index is 12.5. The normalized spacial score (nSPS) is 13.8. The molecule has 1 aliphatic rings. The molecule has 2 N–H and O–H groups in total. The molecular weight excluding hydrogens is 420 g/mol. The van der Waals surface area contributed by atoms with Crippen LogP contribution in [0.3, 0.4) is 0 Å². The summed E-state index contributed by atoms with van der Waals surface area (Å²) in [4.78, 5) is 36.1. The lowest BCUT2D eigenvalue weighted by atomic mass is 10.0. The van der Waals surface area contributed by atoms with E-state index in [0.29, 0.717) is 42.4 Å². The molecule has 1 amide bonds. The van der Waals surface area contributed by atoms with Crippen LogP contribution in [-0.4, -0.2) is 39.6 Å². The van der Waals surface area contributed by atoms with Crippen LogP contribution >= 0.6 is 0 Å². The quantitative estimate of drug-likeness (QED) is 0.513. The number of nitrogens with zero attached hydrogens (tertiary/aromatic N) is 2.